The fourth-order valence-electron chi connectivity index (χ4n) is 0.732. The molecule has 0 aliphatic rings. The molecule has 0 aromatic carbocycles. The molecule has 1 N–H and O–H groups in total. The van der Waals surface area contributed by atoms with E-state index in [-0.39, 0.29) is 16.4 Å². The molecule has 0 aliphatic carbocycles. The number of nitrogens with zero attached hydrogens (tertiary/aromatic N) is 2. The molecule has 78 valence electrons. The van der Waals surface area contributed by atoms with Gasteiger partial charge in [-0.25, -0.2) is 10.1 Å². The van der Waals surface area contributed by atoms with E-state index in [0.717, 1.165) is 6.42 Å². The number of hydrogen-bond donors (Lipinski definition) is 1. The molecule has 1 amide bonds. The molecule has 1 rings (SSSR count). The first-order valence-corrected chi connectivity index (χ1v) is 4.15. The Kier molecular flexibility index (Phi) is 3.27. The summed E-state index contributed by atoms with van der Waals surface area (Å²) >= 11 is 0. The van der Waals surface area contributed by atoms with Gasteiger partial charge in [-0.3, -0.25) is 4.63 Å². The molecule has 0 aliphatic heterocycles. The van der Waals surface area contributed by atoms with Crippen LogP contribution in [0, 0.1) is 12.1 Å². The zero-order chi connectivity index (χ0) is 10.6. The first-order chi connectivity index (χ1) is 6.65. The number of carbonyl (C=O) groups is 1. The van der Waals surface area contributed by atoms with E-state index < -0.39 is 6.09 Å². The summed E-state index contributed by atoms with van der Waals surface area (Å²) in [5, 5.41) is 16.3. The standard InChI is InChI=1S/C7H11N3O4/c1-3-4-13-7(11)8-6-5(2)10(12)14-9-6/h3-4H2,1-2H3,(H,8,9,11). The number of nitrogens with one attached hydrogen (secondary N) is 1. The van der Waals surface area contributed by atoms with E-state index in [4.69, 9.17) is 4.74 Å². The third kappa shape index (κ3) is 2.35. The number of anilines is 1. The van der Waals surface area contributed by atoms with Crippen LogP contribution in [0.2, 0.25) is 0 Å². The Hall–Kier alpha value is -1.79. The highest BCUT2D eigenvalue weighted by Gasteiger charge is 2.17. The van der Waals surface area contributed by atoms with E-state index in [9.17, 15) is 10.0 Å². The molecule has 1 aromatic heterocycles. The number of aromatic nitrogens is 2. The first-order valence-electron chi connectivity index (χ1n) is 4.15. The number of amides is 1. The highest BCUT2D eigenvalue weighted by Crippen LogP contribution is 2.05. The molecular formula is C7H11N3O4. The third-order valence-electron chi connectivity index (χ3n) is 1.48. The Morgan fingerprint density at radius 2 is 2.50 bits per heavy atom. The zero-order valence-corrected chi connectivity index (χ0v) is 7.94. The molecule has 0 saturated heterocycles. The number of ether oxygens (including phenoxy) is 1. The van der Waals surface area contributed by atoms with Crippen molar-refractivity contribution in [2.75, 3.05) is 11.9 Å². The number of carbonyl (C=O) groups excluding carboxylic acids is 1. The lowest BCUT2D eigenvalue weighted by atomic mass is 10.5. The summed E-state index contributed by atoms with van der Waals surface area (Å²) in [6.07, 6.45) is 0.0797. The van der Waals surface area contributed by atoms with Gasteiger partial charge in [-0.2, -0.15) is 0 Å². The number of hydrogen-bond acceptors (Lipinski definition) is 5. The van der Waals surface area contributed by atoms with Gasteiger partial charge >= 0.3 is 11.9 Å². The van der Waals surface area contributed by atoms with Gasteiger partial charge in [0.1, 0.15) is 0 Å². The summed E-state index contributed by atoms with van der Waals surface area (Å²) in [6, 6.07) is 0. The summed E-state index contributed by atoms with van der Waals surface area (Å²) in [4.78, 5) is 11.2. The molecule has 0 radical (unpaired) electrons. The van der Waals surface area contributed by atoms with Crippen LogP contribution in [0.4, 0.5) is 10.6 Å². The Bertz CT molecular complexity index is 323. The maximum absolute atomic E-state index is 11.0. The molecule has 0 atom stereocenters. The number of rotatable bonds is 3. The van der Waals surface area contributed by atoms with Crippen molar-refractivity contribution in [3.8, 4) is 0 Å². The van der Waals surface area contributed by atoms with Crippen LogP contribution < -0.4 is 10.2 Å². The van der Waals surface area contributed by atoms with Gasteiger partial charge in [-0.15, -0.1) is 0 Å². The smallest absolute Gasteiger partial charge is 0.414 e. The maximum atomic E-state index is 11.0. The van der Waals surface area contributed by atoms with E-state index in [2.05, 4.69) is 15.1 Å². The second-order valence-electron chi connectivity index (χ2n) is 2.62. The van der Waals surface area contributed by atoms with Crippen LogP contribution in [0.1, 0.15) is 19.0 Å². The Morgan fingerprint density at radius 3 is 3.00 bits per heavy atom. The SMILES string of the molecule is CCCOC(=O)Nc1no[n+]([O-])c1C. The van der Waals surface area contributed by atoms with Crippen LogP contribution in [-0.4, -0.2) is 17.9 Å². The molecule has 0 bridgehead atoms. The first kappa shape index (κ1) is 10.3. The van der Waals surface area contributed by atoms with Gasteiger partial charge in [-0.1, -0.05) is 6.92 Å². The second-order valence-corrected chi connectivity index (χ2v) is 2.62. The van der Waals surface area contributed by atoms with Gasteiger partial charge in [0.25, 0.3) is 0 Å². The van der Waals surface area contributed by atoms with E-state index in [0.29, 0.717) is 6.61 Å². The minimum Gasteiger partial charge on any atom is -0.449 e. The van der Waals surface area contributed by atoms with Gasteiger partial charge in [-0.05, 0) is 11.3 Å². The Labute approximate surface area is 80.2 Å². The molecule has 14 heavy (non-hydrogen) atoms. The van der Waals surface area contributed by atoms with Crippen LogP contribution in [-0.2, 0) is 4.74 Å². The van der Waals surface area contributed by atoms with Crippen molar-refractivity contribution in [1.29, 1.82) is 0 Å². The van der Waals surface area contributed by atoms with Crippen molar-refractivity contribution in [2.45, 2.75) is 20.3 Å². The van der Waals surface area contributed by atoms with Crippen molar-refractivity contribution in [2.24, 2.45) is 0 Å². The van der Waals surface area contributed by atoms with Crippen LogP contribution in [0.15, 0.2) is 4.63 Å². The van der Waals surface area contributed by atoms with Gasteiger partial charge < -0.3 is 9.94 Å². The van der Waals surface area contributed by atoms with E-state index in [1.54, 1.807) is 0 Å². The average molecular weight is 201 g/mol. The van der Waals surface area contributed by atoms with Crippen molar-refractivity contribution in [1.82, 2.24) is 5.16 Å². The topological polar surface area (TPSA) is 91.3 Å². The molecule has 7 nitrogen and oxygen atoms in total. The molecule has 0 spiro atoms. The fraction of sp³-hybridized carbons (Fsp3) is 0.571. The van der Waals surface area contributed by atoms with Crippen molar-refractivity contribution < 1.29 is 19.1 Å². The van der Waals surface area contributed by atoms with Crippen LogP contribution >= 0.6 is 0 Å². The van der Waals surface area contributed by atoms with Crippen LogP contribution in [0.5, 0.6) is 0 Å². The summed E-state index contributed by atoms with van der Waals surface area (Å²) in [7, 11) is 0. The normalized spacial score (nSPS) is 9.86. The molecule has 1 aromatic rings. The molecular weight excluding hydrogens is 190 g/mol. The monoisotopic (exact) mass is 201 g/mol. The summed E-state index contributed by atoms with van der Waals surface area (Å²) in [5.74, 6) is 0.0705. The van der Waals surface area contributed by atoms with Gasteiger partial charge in [0.15, 0.2) is 0 Å². The van der Waals surface area contributed by atoms with E-state index >= 15 is 0 Å². The summed E-state index contributed by atoms with van der Waals surface area (Å²) in [6.45, 7) is 3.67. The lowest BCUT2D eigenvalue weighted by molar-refractivity contribution is -0.806. The summed E-state index contributed by atoms with van der Waals surface area (Å²) < 4.78 is 8.96. The molecule has 0 saturated carbocycles. The van der Waals surface area contributed by atoms with E-state index in [1.807, 2.05) is 6.92 Å². The predicted octanol–water partition coefficient (Wildman–Crippen LogP) is 0.575. The molecule has 0 fully saturated rings. The quantitative estimate of drug-likeness (QED) is 0.722. The van der Waals surface area contributed by atoms with E-state index in [1.165, 1.54) is 6.92 Å². The lowest BCUT2D eigenvalue weighted by Gasteiger charge is -2.00. The van der Waals surface area contributed by atoms with Crippen molar-refractivity contribution >= 4 is 11.9 Å². The zero-order valence-electron chi connectivity index (χ0n) is 7.94. The van der Waals surface area contributed by atoms with Crippen molar-refractivity contribution in [3.05, 3.63) is 10.9 Å². The lowest BCUT2D eigenvalue weighted by Crippen LogP contribution is -2.26. The highest BCUT2D eigenvalue weighted by molar-refractivity contribution is 5.83. The Balaban J connectivity index is 2.52. The predicted molar refractivity (Wildman–Crippen MR) is 45.5 cm³/mol. The minimum atomic E-state index is -0.649. The maximum Gasteiger partial charge on any atom is 0.414 e. The largest absolute Gasteiger partial charge is 0.449 e. The van der Waals surface area contributed by atoms with Gasteiger partial charge in [0.2, 0.25) is 5.69 Å². The molecule has 1 heterocycles. The Morgan fingerprint density at radius 1 is 1.79 bits per heavy atom. The van der Waals surface area contributed by atoms with Gasteiger partial charge in [0.05, 0.1) is 11.8 Å². The van der Waals surface area contributed by atoms with Crippen LogP contribution in [0.3, 0.4) is 0 Å². The fourth-order valence-corrected chi connectivity index (χ4v) is 0.732. The highest BCUT2D eigenvalue weighted by atomic mass is 16.8. The molecule has 7 heteroatoms. The van der Waals surface area contributed by atoms with Gasteiger partial charge in [0, 0.05) is 6.92 Å². The average Bonchev–Trinajstić information content (AvgIpc) is 2.46. The van der Waals surface area contributed by atoms with Crippen molar-refractivity contribution in [3.63, 3.8) is 0 Å². The molecule has 0 unspecified atom stereocenters. The summed E-state index contributed by atoms with van der Waals surface area (Å²) in [5.41, 5.74) is 0.179. The second kappa shape index (κ2) is 4.45. The van der Waals surface area contributed by atoms with Crippen LogP contribution in [0.25, 0.3) is 0 Å². The third-order valence-corrected chi connectivity index (χ3v) is 1.48. The minimum absolute atomic E-state index is 0.0705.